The SMILES string of the molecule is Cc1ccc([N+](=O)[O-])cc1-c1nnc(-c2ccccc2C(=O)O)o1. The number of aromatic nitrogens is 2. The average Bonchev–Trinajstić information content (AvgIpc) is 3.04. The first-order valence-electron chi connectivity index (χ1n) is 6.89. The molecule has 0 spiro atoms. The number of hydrogen-bond donors (Lipinski definition) is 1. The predicted octanol–water partition coefficient (Wildman–Crippen LogP) is 3.32. The molecule has 0 radical (unpaired) electrons. The number of aromatic carboxylic acids is 1. The average molecular weight is 325 g/mol. The minimum absolute atomic E-state index is 0.0310. The third-order valence-electron chi connectivity index (χ3n) is 3.48. The van der Waals surface area contributed by atoms with E-state index in [0.717, 1.165) is 5.56 Å². The van der Waals surface area contributed by atoms with Crippen molar-refractivity contribution in [1.82, 2.24) is 10.2 Å². The predicted molar refractivity (Wildman–Crippen MR) is 83.5 cm³/mol. The molecular formula is C16H11N3O5. The Bertz CT molecular complexity index is 948. The molecule has 120 valence electrons. The summed E-state index contributed by atoms with van der Waals surface area (Å²) in [6.07, 6.45) is 0. The molecule has 24 heavy (non-hydrogen) atoms. The Morgan fingerprint density at radius 3 is 2.46 bits per heavy atom. The molecule has 0 saturated heterocycles. The molecule has 8 heteroatoms. The third kappa shape index (κ3) is 2.72. The van der Waals surface area contributed by atoms with Crippen molar-refractivity contribution in [3.05, 3.63) is 63.7 Å². The summed E-state index contributed by atoms with van der Waals surface area (Å²) >= 11 is 0. The second-order valence-corrected chi connectivity index (χ2v) is 5.02. The number of carboxylic acid groups (broad SMARTS) is 1. The van der Waals surface area contributed by atoms with Crippen molar-refractivity contribution in [2.75, 3.05) is 0 Å². The van der Waals surface area contributed by atoms with Crippen LogP contribution in [0, 0.1) is 17.0 Å². The zero-order valence-electron chi connectivity index (χ0n) is 12.5. The van der Waals surface area contributed by atoms with Gasteiger partial charge in [-0.2, -0.15) is 0 Å². The second kappa shape index (κ2) is 5.92. The van der Waals surface area contributed by atoms with Crippen LogP contribution in [0.5, 0.6) is 0 Å². The molecule has 0 aliphatic rings. The Kier molecular flexibility index (Phi) is 3.78. The first-order valence-corrected chi connectivity index (χ1v) is 6.89. The molecule has 3 rings (SSSR count). The lowest BCUT2D eigenvalue weighted by Gasteiger charge is -2.02. The van der Waals surface area contributed by atoms with E-state index in [2.05, 4.69) is 10.2 Å². The Morgan fingerprint density at radius 1 is 1.12 bits per heavy atom. The Labute approximate surface area is 135 Å². The Balaban J connectivity index is 2.08. The van der Waals surface area contributed by atoms with Gasteiger partial charge in [0.2, 0.25) is 11.8 Å². The number of carboxylic acids is 1. The maximum Gasteiger partial charge on any atom is 0.336 e. The van der Waals surface area contributed by atoms with E-state index < -0.39 is 10.9 Å². The van der Waals surface area contributed by atoms with Crippen LogP contribution in [0.3, 0.4) is 0 Å². The number of benzene rings is 2. The van der Waals surface area contributed by atoms with Crippen LogP contribution in [-0.4, -0.2) is 26.2 Å². The van der Waals surface area contributed by atoms with Crippen LogP contribution in [0.4, 0.5) is 5.69 Å². The van der Waals surface area contributed by atoms with Crippen molar-refractivity contribution < 1.29 is 19.2 Å². The van der Waals surface area contributed by atoms with Crippen molar-refractivity contribution in [2.45, 2.75) is 6.92 Å². The number of rotatable bonds is 4. The molecule has 0 aliphatic heterocycles. The highest BCUT2D eigenvalue weighted by atomic mass is 16.6. The number of nitro benzene ring substituents is 1. The molecule has 1 aromatic heterocycles. The topological polar surface area (TPSA) is 119 Å². The van der Waals surface area contributed by atoms with Crippen molar-refractivity contribution in [3.63, 3.8) is 0 Å². The minimum atomic E-state index is -1.11. The number of nitrogens with zero attached hydrogens (tertiary/aromatic N) is 3. The molecule has 0 aliphatic carbocycles. The van der Waals surface area contributed by atoms with Crippen LogP contribution in [0.1, 0.15) is 15.9 Å². The van der Waals surface area contributed by atoms with Crippen LogP contribution >= 0.6 is 0 Å². The molecule has 1 heterocycles. The summed E-state index contributed by atoms with van der Waals surface area (Å²) in [5.74, 6) is -0.989. The van der Waals surface area contributed by atoms with Gasteiger partial charge in [0.25, 0.3) is 5.69 Å². The van der Waals surface area contributed by atoms with Gasteiger partial charge in [-0.15, -0.1) is 10.2 Å². The van der Waals surface area contributed by atoms with Crippen LogP contribution in [0.15, 0.2) is 46.9 Å². The van der Waals surface area contributed by atoms with E-state index in [9.17, 15) is 20.0 Å². The molecule has 2 aromatic carbocycles. The second-order valence-electron chi connectivity index (χ2n) is 5.02. The van der Waals surface area contributed by atoms with Crippen LogP contribution in [-0.2, 0) is 0 Å². The fourth-order valence-corrected chi connectivity index (χ4v) is 2.25. The van der Waals surface area contributed by atoms with Gasteiger partial charge in [0.05, 0.1) is 16.1 Å². The number of non-ortho nitro benzene ring substituents is 1. The van der Waals surface area contributed by atoms with Gasteiger partial charge < -0.3 is 9.52 Å². The first-order chi connectivity index (χ1) is 11.5. The largest absolute Gasteiger partial charge is 0.478 e. The molecule has 0 fully saturated rings. The molecule has 0 amide bonds. The van der Waals surface area contributed by atoms with Crippen LogP contribution in [0.25, 0.3) is 22.9 Å². The summed E-state index contributed by atoms with van der Waals surface area (Å²) in [6, 6.07) is 10.6. The summed E-state index contributed by atoms with van der Waals surface area (Å²) in [5, 5.41) is 27.9. The van der Waals surface area contributed by atoms with Gasteiger partial charge in [-0.3, -0.25) is 10.1 Å². The van der Waals surface area contributed by atoms with E-state index in [-0.39, 0.29) is 28.6 Å². The molecule has 8 nitrogen and oxygen atoms in total. The van der Waals surface area contributed by atoms with Gasteiger partial charge in [-0.25, -0.2) is 4.79 Å². The van der Waals surface area contributed by atoms with E-state index in [4.69, 9.17) is 4.42 Å². The highest BCUT2D eigenvalue weighted by Gasteiger charge is 2.19. The fraction of sp³-hybridized carbons (Fsp3) is 0.0625. The van der Waals surface area contributed by atoms with Crippen molar-refractivity contribution in [2.24, 2.45) is 0 Å². The highest BCUT2D eigenvalue weighted by Crippen LogP contribution is 2.30. The van der Waals surface area contributed by atoms with E-state index in [1.807, 2.05) is 0 Å². The van der Waals surface area contributed by atoms with E-state index in [1.54, 1.807) is 31.2 Å². The quantitative estimate of drug-likeness (QED) is 0.577. The molecule has 0 atom stereocenters. The van der Waals surface area contributed by atoms with Gasteiger partial charge in [0, 0.05) is 17.7 Å². The molecule has 0 bridgehead atoms. The number of aryl methyl sites for hydroxylation is 1. The fourth-order valence-electron chi connectivity index (χ4n) is 2.25. The van der Waals surface area contributed by atoms with Gasteiger partial charge in [-0.05, 0) is 24.6 Å². The van der Waals surface area contributed by atoms with E-state index in [0.29, 0.717) is 5.56 Å². The lowest BCUT2D eigenvalue weighted by atomic mass is 10.1. The number of carbonyl (C=O) groups is 1. The number of hydrogen-bond acceptors (Lipinski definition) is 6. The van der Waals surface area contributed by atoms with E-state index >= 15 is 0 Å². The Hall–Kier alpha value is -3.55. The molecule has 0 saturated carbocycles. The highest BCUT2D eigenvalue weighted by molar-refractivity contribution is 5.94. The van der Waals surface area contributed by atoms with Crippen LogP contribution < -0.4 is 0 Å². The van der Waals surface area contributed by atoms with Gasteiger partial charge in [0.1, 0.15) is 0 Å². The zero-order valence-corrected chi connectivity index (χ0v) is 12.5. The monoisotopic (exact) mass is 325 g/mol. The molecule has 3 aromatic rings. The van der Waals surface area contributed by atoms with Crippen LogP contribution in [0.2, 0.25) is 0 Å². The first kappa shape index (κ1) is 15.3. The lowest BCUT2D eigenvalue weighted by molar-refractivity contribution is -0.384. The molecule has 1 N–H and O–H groups in total. The summed E-state index contributed by atoms with van der Waals surface area (Å²) in [6.45, 7) is 1.76. The van der Waals surface area contributed by atoms with Crippen molar-refractivity contribution >= 4 is 11.7 Å². The van der Waals surface area contributed by atoms with Gasteiger partial charge >= 0.3 is 5.97 Å². The number of nitro groups is 1. The van der Waals surface area contributed by atoms with Gasteiger partial charge in [0.15, 0.2) is 0 Å². The van der Waals surface area contributed by atoms with E-state index in [1.165, 1.54) is 18.2 Å². The summed E-state index contributed by atoms with van der Waals surface area (Å²) < 4.78 is 5.55. The summed E-state index contributed by atoms with van der Waals surface area (Å²) in [7, 11) is 0. The summed E-state index contributed by atoms with van der Waals surface area (Å²) in [5.41, 5.74) is 1.37. The maximum atomic E-state index is 11.3. The molecular weight excluding hydrogens is 314 g/mol. The van der Waals surface area contributed by atoms with Crippen molar-refractivity contribution in [1.29, 1.82) is 0 Å². The smallest absolute Gasteiger partial charge is 0.336 e. The van der Waals surface area contributed by atoms with Crippen molar-refractivity contribution in [3.8, 4) is 22.9 Å². The summed E-state index contributed by atoms with van der Waals surface area (Å²) in [4.78, 5) is 21.7. The molecule has 0 unspecified atom stereocenters. The minimum Gasteiger partial charge on any atom is -0.478 e. The lowest BCUT2D eigenvalue weighted by Crippen LogP contribution is -1.99. The maximum absolute atomic E-state index is 11.3. The Morgan fingerprint density at radius 2 is 1.79 bits per heavy atom. The zero-order chi connectivity index (χ0) is 17.3. The normalized spacial score (nSPS) is 10.5. The standard InChI is InChI=1S/C16H11N3O5/c1-9-6-7-10(19(22)23)8-13(9)15-18-17-14(24-15)11-4-2-3-5-12(11)16(20)21/h2-8H,1H3,(H,20,21). The van der Waals surface area contributed by atoms with Gasteiger partial charge in [-0.1, -0.05) is 18.2 Å². The third-order valence-corrected chi connectivity index (χ3v) is 3.48.